The average Bonchev–Trinajstić information content (AvgIpc) is 3.10. The fourth-order valence-corrected chi connectivity index (χ4v) is 3.98. The van der Waals surface area contributed by atoms with E-state index >= 15 is 0 Å². The third-order valence-corrected chi connectivity index (χ3v) is 5.62. The number of ether oxygens (including phenoxy) is 1. The third-order valence-electron chi connectivity index (χ3n) is 4.89. The number of imidazole rings is 1. The third kappa shape index (κ3) is 3.71. The quantitative estimate of drug-likeness (QED) is 0.640. The molecule has 26 heavy (non-hydrogen) atoms. The van der Waals surface area contributed by atoms with Crippen LogP contribution in [0, 0.1) is 5.92 Å². The van der Waals surface area contributed by atoms with E-state index in [0.717, 1.165) is 30.1 Å². The molecular weight excluding hydrogens is 344 g/mol. The Balaban J connectivity index is 1.56. The highest BCUT2D eigenvalue weighted by Crippen LogP contribution is 2.25. The molecule has 0 saturated carbocycles. The Kier molecular flexibility index (Phi) is 5.13. The molecule has 1 saturated heterocycles. The summed E-state index contributed by atoms with van der Waals surface area (Å²) in [6.45, 7) is 3.00. The lowest BCUT2D eigenvalue weighted by atomic mass is 10.00. The summed E-state index contributed by atoms with van der Waals surface area (Å²) in [6, 6.07) is 12.3. The summed E-state index contributed by atoms with van der Waals surface area (Å²) in [5, 5.41) is 4.68. The number of thioether (sulfide) groups is 1. The number of likely N-dealkylation sites (tertiary alicyclic amines) is 1. The van der Waals surface area contributed by atoms with Crippen LogP contribution >= 0.6 is 11.8 Å². The van der Waals surface area contributed by atoms with Gasteiger partial charge in [-0.25, -0.2) is 9.50 Å². The molecule has 1 unspecified atom stereocenters. The van der Waals surface area contributed by atoms with Crippen LogP contribution in [0.4, 0.5) is 0 Å². The molecule has 0 spiro atoms. The molecule has 1 aliphatic heterocycles. The molecule has 1 aromatic carbocycles. The van der Waals surface area contributed by atoms with E-state index in [9.17, 15) is 0 Å². The van der Waals surface area contributed by atoms with Crippen molar-refractivity contribution in [1.82, 2.24) is 19.5 Å². The molecule has 0 bridgehead atoms. The molecular formula is C20H24N4OS. The number of fused-ring (bicyclic) bond motifs is 1. The number of benzene rings is 1. The predicted molar refractivity (Wildman–Crippen MR) is 106 cm³/mol. The molecule has 0 amide bonds. The molecule has 0 aliphatic carbocycles. The maximum absolute atomic E-state index is 6.02. The Morgan fingerprint density at radius 2 is 2.19 bits per heavy atom. The first kappa shape index (κ1) is 17.4. The van der Waals surface area contributed by atoms with Crippen molar-refractivity contribution in [1.29, 1.82) is 0 Å². The topological polar surface area (TPSA) is 42.7 Å². The molecule has 0 N–H and O–H groups in total. The van der Waals surface area contributed by atoms with Gasteiger partial charge in [0.05, 0.1) is 18.5 Å². The lowest BCUT2D eigenvalue weighted by Crippen LogP contribution is -2.34. The molecule has 2 aromatic heterocycles. The van der Waals surface area contributed by atoms with E-state index in [0.29, 0.717) is 11.8 Å². The largest absolute Gasteiger partial charge is 0.476 e. The van der Waals surface area contributed by atoms with E-state index in [2.05, 4.69) is 52.6 Å². The van der Waals surface area contributed by atoms with Crippen molar-refractivity contribution in [3.8, 4) is 17.1 Å². The van der Waals surface area contributed by atoms with Crippen LogP contribution in [0.3, 0.4) is 0 Å². The summed E-state index contributed by atoms with van der Waals surface area (Å²) in [5.74, 6) is 1.23. The van der Waals surface area contributed by atoms with Crippen molar-refractivity contribution in [2.45, 2.75) is 17.7 Å². The van der Waals surface area contributed by atoms with Crippen molar-refractivity contribution in [2.75, 3.05) is 33.0 Å². The van der Waals surface area contributed by atoms with E-state index < -0.39 is 0 Å². The van der Waals surface area contributed by atoms with Crippen molar-refractivity contribution in [3.63, 3.8) is 0 Å². The first-order valence-electron chi connectivity index (χ1n) is 9.03. The first-order valence-corrected chi connectivity index (χ1v) is 10.3. The maximum atomic E-state index is 6.02. The molecule has 5 nitrogen and oxygen atoms in total. The van der Waals surface area contributed by atoms with Crippen LogP contribution < -0.4 is 4.74 Å². The number of nitrogens with zero attached hydrogens (tertiary/aromatic N) is 4. The lowest BCUT2D eigenvalue weighted by molar-refractivity contribution is 0.146. The second kappa shape index (κ2) is 7.68. The van der Waals surface area contributed by atoms with Crippen molar-refractivity contribution in [3.05, 3.63) is 42.6 Å². The summed E-state index contributed by atoms with van der Waals surface area (Å²) in [5.41, 5.74) is 2.93. The standard InChI is InChI=1S/C20H24N4OS/c1-23-10-4-5-15(13-23)14-25-20-9-8-19-21-12-18(24(19)22-20)16-6-3-7-17(11-16)26-2/h3,6-9,11-12,15H,4-5,10,13-14H2,1-2H3. The van der Waals surface area contributed by atoms with Gasteiger partial charge in [-0.1, -0.05) is 12.1 Å². The Morgan fingerprint density at radius 3 is 3.04 bits per heavy atom. The van der Waals surface area contributed by atoms with Gasteiger partial charge in [0.25, 0.3) is 0 Å². The zero-order valence-corrected chi connectivity index (χ0v) is 16.1. The smallest absolute Gasteiger partial charge is 0.231 e. The number of aromatic nitrogens is 3. The summed E-state index contributed by atoms with van der Waals surface area (Å²) in [7, 11) is 2.18. The van der Waals surface area contributed by atoms with Gasteiger partial charge in [0, 0.05) is 29.0 Å². The SMILES string of the molecule is CSc1cccc(-c2cnc3ccc(OCC4CCCN(C)C4)nn23)c1. The monoisotopic (exact) mass is 368 g/mol. The van der Waals surface area contributed by atoms with Crippen LogP contribution in [-0.2, 0) is 0 Å². The first-order chi connectivity index (χ1) is 12.7. The molecule has 1 fully saturated rings. The molecule has 3 aromatic rings. The minimum absolute atomic E-state index is 0.576. The van der Waals surface area contributed by atoms with Crippen molar-refractivity contribution in [2.24, 2.45) is 5.92 Å². The molecule has 4 rings (SSSR count). The predicted octanol–water partition coefficient (Wildman–Crippen LogP) is 3.84. The van der Waals surface area contributed by atoms with Crippen LogP contribution in [0.1, 0.15) is 12.8 Å². The van der Waals surface area contributed by atoms with Crippen LogP contribution in [0.5, 0.6) is 5.88 Å². The Hall–Kier alpha value is -2.05. The van der Waals surface area contributed by atoms with Crippen molar-refractivity contribution >= 4 is 17.4 Å². The van der Waals surface area contributed by atoms with Gasteiger partial charge in [0.1, 0.15) is 0 Å². The molecule has 0 radical (unpaired) electrons. The van der Waals surface area contributed by atoms with E-state index in [1.807, 2.05) is 22.8 Å². The van der Waals surface area contributed by atoms with Crippen LogP contribution in [0.25, 0.3) is 16.9 Å². The highest BCUT2D eigenvalue weighted by molar-refractivity contribution is 7.98. The van der Waals surface area contributed by atoms with E-state index in [4.69, 9.17) is 4.74 Å². The van der Waals surface area contributed by atoms with E-state index in [-0.39, 0.29) is 0 Å². The molecule has 136 valence electrons. The van der Waals surface area contributed by atoms with Gasteiger partial charge in [-0.3, -0.25) is 0 Å². The molecule has 1 atom stereocenters. The van der Waals surface area contributed by atoms with Gasteiger partial charge in [0.15, 0.2) is 5.65 Å². The zero-order chi connectivity index (χ0) is 17.9. The molecule has 3 heterocycles. The molecule has 1 aliphatic rings. The fraction of sp³-hybridized carbons (Fsp3) is 0.400. The number of hydrogen-bond donors (Lipinski definition) is 0. The number of piperidine rings is 1. The van der Waals surface area contributed by atoms with E-state index in [1.54, 1.807) is 11.8 Å². The normalized spacial score (nSPS) is 18.3. The lowest BCUT2D eigenvalue weighted by Gasteiger charge is -2.29. The second-order valence-electron chi connectivity index (χ2n) is 6.90. The van der Waals surface area contributed by atoms with Gasteiger partial charge in [-0.15, -0.1) is 16.9 Å². The van der Waals surface area contributed by atoms with Crippen LogP contribution in [0.2, 0.25) is 0 Å². The summed E-state index contributed by atoms with van der Waals surface area (Å²) >= 11 is 1.73. The van der Waals surface area contributed by atoms with Gasteiger partial charge < -0.3 is 9.64 Å². The minimum atomic E-state index is 0.576. The Labute approximate surface area is 158 Å². The van der Waals surface area contributed by atoms with Crippen LogP contribution in [-0.4, -0.2) is 52.5 Å². The highest BCUT2D eigenvalue weighted by Gasteiger charge is 2.18. The Bertz CT molecular complexity index is 894. The fourth-order valence-electron chi connectivity index (χ4n) is 3.53. The van der Waals surface area contributed by atoms with Gasteiger partial charge in [-0.2, -0.15) is 0 Å². The van der Waals surface area contributed by atoms with Gasteiger partial charge >= 0.3 is 0 Å². The van der Waals surface area contributed by atoms with Crippen LogP contribution in [0.15, 0.2) is 47.5 Å². The zero-order valence-electron chi connectivity index (χ0n) is 15.3. The summed E-state index contributed by atoms with van der Waals surface area (Å²) < 4.78 is 7.89. The number of rotatable bonds is 5. The highest BCUT2D eigenvalue weighted by atomic mass is 32.2. The second-order valence-corrected chi connectivity index (χ2v) is 7.78. The van der Waals surface area contributed by atoms with E-state index in [1.165, 1.54) is 24.3 Å². The van der Waals surface area contributed by atoms with Gasteiger partial charge in [-0.05, 0) is 50.9 Å². The average molecular weight is 369 g/mol. The Morgan fingerprint density at radius 1 is 1.27 bits per heavy atom. The minimum Gasteiger partial charge on any atom is -0.476 e. The number of hydrogen-bond acceptors (Lipinski definition) is 5. The van der Waals surface area contributed by atoms with Crippen molar-refractivity contribution < 1.29 is 4.74 Å². The maximum Gasteiger partial charge on any atom is 0.231 e. The molecule has 6 heteroatoms. The summed E-state index contributed by atoms with van der Waals surface area (Å²) in [6.07, 6.45) is 6.43. The summed E-state index contributed by atoms with van der Waals surface area (Å²) in [4.78, 5) is 8.09. The van der Waals surface area contributed by atoms with Gasteiger partial charge in [0.2, 0.25) is 5.88 Å².